The Kier molecular flexibility index (Phi) is 6.91. The summed E-state index contributed by atoms with van der Waals surface area (Å²) in [6.07, 6.45) is 4.28. The third kappa shape index (κ3) is 4.64. The number of aliphatic hydroxyl groups is 1. The van der Waals surface area contributed by atoms with Crippen LogP contribution in [0.5, 0.6) is 5.75 Å². The maximum atomic E-state index is 14.1. The standard InChI is InChI=1S/C25H26FN5O3/c1-30(9-10-32)23(33)15-31-7-5-16(6-8-31)21-12-20-24(17(13-27)14-28-25(20)29-21)19-11-18(26)3-4-22(19)34-2/h3-5,11-12,14,32H,6-10,15H2,1-2H3,(H,28,29). The molecule has 0 aliphatic carbocycles. The molecule has 3 heterocycles. The number of aromatic amines is 1. The van der Waals surface area contributed by atoms with Crippen molar-refractivity contribution in [2.75, 3.05) is 46.9 Å². The summed E-state index contributed by atoms with van der Waals surface area (Å²) in [5.41, 5.74) is 3.95. The Balaban J connectivity index is 1.65. The molecule has 0 bridgehead atoms. The van der Waals surface area contributed by atoms with Gasteiger partial charge in [-0.3, -0.25) is 9.69 Å². The molecule has 1 amide bonds. The van der Waals surface area contributed by atoms with Crippen molar-refractivity contribution in [3.8, 4) is 22.9 Å². The molecule has 0 saturated carbocycles. The van der Waals surface area contributed by atoms with Crippen molar-refractivity contribution in [3.63, 3.8) is 0 Å². The summed E-state index contributed by atoms with van der Waals surface area (Å²) in [4.78, 5) is 23.6. The SMILES string of the molecule is COc1ccc(F)cc1-c1c(C#N)cnc2[nH]c(C3=CCN(CC(=O)N(C)CCO)CC3)cc12. The molecule has 0 spiro atoms. The lowest BCUT2D eigenvalue weighted by atomic mass is 9.97. The number of ether oxygens (including phenoxy) is 1. The van der Waals surface area contributed by atoms with Gasteiger partial charge in [0.1, 0.15) is 23.3 Å². The van der Waals surface area contributed by atoms with Gasteiger partial charge in [0.15, 0.2) is 0 Å². The second-order valence-electron chi connectivity index (χ2n) is 8.20. The van der Waals surface area contributed by atoms with Crippen LogP contribution >= 0.6 is 0 Å². The second kappa shape index (κ2) is 10.0. The van der Waals surface area contributed by atoms with E-state index in [4.69, 9.17) is 9.84 Å². The Morgan fingerprint density at radius 2 is 2.24 bits per heavy atom. The molecule has 2 aromatic heterocycles. The second-order valence-corrected chi connectivity index (χ2v) is 8.20. The lowest BCUT2D eigenvalue weighted by Crippen LogP contribution is -2.41. The Morgan fingerprint density at radius 3 is 2.91 bits per heavy atom. The summed E-state index contributed by atoms with van der Waals surface area (Å²) in [7, 11) is 3.19. The van der Waals surface area contributed by atoms with Gasteiger partial charge in [0.05, 0.1) is 25.8 Å². The number of likely N-dealkylation sites (N-methyl/N-ethyl adjacent to an activating group) is 1. The fourth-order valence-corrected chi connectivity index (χ4v) is 4.18. The topological polar surface area (TPSA) is 105 Å². The van der Waals surface area contributed by atoms with Crippen molar-refractivity contribution in [1.82, 2.24) is 19.8 Å². The van der Waals surface area contributed by atoms with E-state index in [1.165, 1.54) is 30.3 Å². The molecule has 8 nitrogen and oxygen atoms in total. The van der Waals surface area contributed by atoms with E-state index in [2.05, 4.69) is 27.0 Å². The summed E-state index contributed by atoms with van der Waals surface area (Å²) in [6, 6.07) is 8.32. The molecule has 1 aliphatic rings. The summed E-state index contributed by atoms with van der Waals surface area (Å²) < 4.78 is 19.5. The number of aromatic nitrogens is 2. The van der Waals surface area contributed by atoms with Gasteiger partial charge in [0.25, 0.3) is 0 Å². The van der Waals surface area contributed by atoms with Gasteiger partial charge < -0.3 is 19.7 Å². The Labute approximate surface area is 196 Å². The molecule has 176 valence electrons. The number of halogens is 1. The molecule has 0 radical (unpaired) electrons. The molecule has 0 saturated heterocycles. The summed E-state index contributed by atoms with van der Waals surface area (Å²) in [6.45, 7) is 1.88. The molecule has 3 aromatic rings. The number of nitrogens with one attached hydrogen (secondary N) is 1. The van der Waals surface area contributed by atoms with E-state index >= 15 is 0 Å². The highest BCUT2D eigenvalue weighted by Gasteiger charge is 2.21. The van der Waals surface area contributed by atoms with Crippen molar-refractivity contribution >= 4 is 22.5 Å². The number of amides is 1. The molecule has 4 rings (SSSR count). The molecule has 0 fully saturated rings. The average Bonchev–Trinajstić information content (AvgIpc) is 3.28. The van der Waals surface area contributed by atoms with Crippen molar-refractivity contribution < 1.29 is 19.0 Å². The first-order chi connectivity index (χ1) is 16.4. The molecular weight excluding hydrogens is 437 g/mol. The number of methoxy groups -OCH3 is 1. The fraction of sp³-hybridized carbons (Fsp3) is 0.320. The van der Waals surface area contributed by atoms with Crippen molar-refractivity contribution in [1.29, 1.82) is 5.26 Å². The zero-order valence-electron chi connectivity index (χ0n) is 19.1. The van der Waals surface area contributed by atoms with Gasteiger partial charge in [-0.2, -0.15) is 5.26 Å². The number of carbonyl (C=O) groups excluding carboxylic acids is 1. The zero-order valence-corrected chi connectivity index (χ0v) is 19.1. The molecular formula is C25H26FN5O3. The fourth-order valence-electron chi connectivity index (χ4n) is 4.18. The van der Waals surface area contributed by atoms with E-state index in [1.54, 1.807) is 13.1 Å². The summed E-state index contributed by atoms with van der Waals surface area (Å²) >= 11 is 0. The van der Waals surface area contributed by atoms with Crippen LogP contribution in [0.4, 0.5) is 4.39 Å². The van der Waals surface area contributed by atoms with Crippen molar-refractivity contribution in [2.24, 2.45) is 0 Å². The van der Waals surface area contributed by atoms with E-state index in [1.807, 2.05) is 6.07 Å². The first-order valence-corrected chi connectivity index (χ1v) is 11.0. The van der Waals surface area contributed by atoms with E-state index in [0.717, 1.165) is 17.7 Å². The van der Waals surface area contributed by atoms with Gasteiger partial charge in [-0.25, -0.2) is 9.37 Å². The van der Waals surface area contributed by atoms with Crippen LogP contribution in [-0.2, 0) is 4.79 Å². The lowest BCUT2D eigenvalue weighted by molar-refractivity contribution is -0.131. The zero-order chi connectivity index (χ0) is 24.2. The molecule has 2 N–H and O–H groups in total. The van der Waals surface area contributed by atoms with Gasteiger partial charge in [0, 0.05) is 55.1 Å². The number of H-pyrrole nitrogens is 1. The molecule has 0 unspecified atom stereocenters. The van der Waals surface area contributed by atoms with Gasteiger partial charge >= 0.3 is 0 Å². The quantitative estimate of drug-likeness (QED) is 0.558. The van der Waals surface area contributed by atoms with Gasteiger partial charge in [-0.05, 0) is 36.3 Å². The number of carbonyl (C=O) groups is 1. The van der Waals surface area contributed by atoms with Crippen LogP contribution in [0, 0.1) is 17.1 Å². The van der Waals surface area contributed by atoms with E-state index in [0.29, 0.717) is 59.7 Å². The predicted octanol–water partition coefficient (Wildman–Crippen LogP) is 2.79. The maximum Gasteiger partial charge on any atom is 0.236 e. The average molecular weight is 464 g/mol. The van der Waals surface area contributed by atoms with Crippen molar-refractivity contribution in [3.05, 3.63) is 53.6 Å². The maximum absolute atomic E-state index is 14.1. The van der Waals surface area contributed by atoms with Crippen LogP contribution in [0.15, 0.2) is 36.5 Å². The van der Waals surface area contributed by atoms with E-state index < -0.39 is 5.82 Å². The largest absolute Gasteiger partial charge is 0.496 e. The first kappa shape index (κ1) is 23.4. The number of aliphatic hydroxyl groups excluding tert-OH is 1. The Hall–Kier alpha value is -3.74. The number of nitrogens with zero attached hydrogens (tertiary/aromatic N) is 4. The predicted molar refractivity (Wildman–Crippen MR) is 127 cm³/mol. The summed E-state index contributed by atoms with van der Waals surface area (Å²) in [5, 5.41) is 19.4. The smallest absolute Gasteiger partial charge is 0.236 e. The van der Waals surface area contributed by atoms with Crippen LogP contribution in [-0.4, -0.2) is 77.7 Å². The Morgan fingerprint density at radius 1 is 1.41 bits per heavy atom. The number of rotatable bonds is 7. The molecule has 9 heteroatoms. The third-order valence-corrected chi connectivity index (χ3v) is 6.07. The Bertz CT molecular complexity index is 1290. The van der Waals surface area contributed by atoms with Crippen LogP contribution in [0.1, 0.15) is 17.7 Å². The highest BCUT2D eigenvalue weighted by Crippen LogP contribution is 2.38. The number of hydrogen-bond acceptors (Lipinski definition) is 6. The minimum absolute atomic E-state index is 0.0292. The minimum atomic E-state index is -0.422. The van der Waals surface area contributed by atoms with Crippen molar-refractivity contribution in [2.45, 2.75) is 6.42 Å². The third-order valence-electron chi connectivity index (χ3n) is 6.07. The highest BCUT2D eigenvalue weighted by molar-refractivity contribution is 5.99. The van der Waals surface area contributed by atoms with Crippen LogP contribution in [0.3, 0.4) is 0 Å². The number of nitriles is 1. The van der Waals surface area contributed by atoms with Gasteiger partial charge in [-0.15, -0.1) is 0 Å². The molecule has 1 aliphatic heterocycles. The highest BCUT2D eigenvalue weighted by atomic mass is 19.1. The monoisotopic (exact) mass is 463 g/mol. The van der Waals surface area contributed by atoms with Gasteiger partial charge in [-0.1, -0.05) is 6.08 Å². The summed E-state index contributed by atoms with van der Waals surface area (Å²) in [5.74, 6) is 0.0182. The first-order valence-electron chi connectivity index (χ1n) is 11.0. The van der Waals surface area contributed by atoms with E-state index in [9.17, 15) is 14.4 Å². The van der Waals surface area contributed by atoms with Gasteiger partial charge in [0.2, 0.25) is 5.91 Å². The van der Waals surface area contributed by atoms with Crippen LogP contribution in [0.2, 0.25) is 0 Å². The van der Waals surface area contributed by atoms with E-state index in [-0.39, 0.29) is 12.5 Å². The molecule has 0 atom stereocenters. The number of pyridine rings is 1. The number of fused-ring (bicyclic) bond motifs is 1. The number of hydrogen-bond donors (Lipinski definition) is 2. The molecule has 34 heavy (non-hydrogen) atoms. The van der Waals surface area contributed by atoms with Crippen LogP contribution in [0.25, 0.3) is 27.7 Å². The van der Waals surface area contributed by atoms with Crippen LogP contribution < -0.4 is 4.74 Å². The lowest BCUT2D eigenvalue weighted by Gasteiger charge is -2.27. The normalized spacial score (nSPS) is 14.0. The minimum Gasteiger partial charge on any atom is -0.496 e. The number of benzene rings is 1. The molecule has 1 aromatic carbocycles.